The minimum absolute atomic E-state index is 0.582. The molecule has 134 valence electrons. The Morgan fingerprint density at radius 1 is 1.04 bits per heavy atom. The van der Waals surface area contributed by atoms with Gasteiger partial charge in [-0.1, -0.05) is 6.07 Å². The van der Waals surface area contributed by atoms with Crippen LogP contribution in [0.25, 0.3) is 27.5 Å². The Hall–Kier alpha value is -3.59. The molecule has 0 fully saturated rings. The van der Waals surface area contributed by atoms with E-state index in [4.69, 9.17) is 19.6 Å². The maximum Gasteiger partial charge on any atom is 0.148 e. The molecule has 2 heterocycles. The molecular weight excluding hydrogens is 340 g/mol. The van der Waals surface area contributed by atoms with Crippen molar-refractivity contribution in [1.82, 2.24) is 14.8 Å². The zero-order valence-electron chi connectivity index (χ0n) is 15.6. The van der Waals surface area contributed by atoms with Crippen molar-refractivity contribution in [3.8, 4) is 23.3 Å². The number of hydrogen-bond acceptors (Lipinski definition) is 5. The quantitative estimate of drug-likeness (QED) is 0.552. The number of fused-ring (bicyclic) bond motifs is 3. The van der Waals surface area contributed by atoms with Crippen LogP contribution in [0, 0.1) is 25.2 Å². The zero-order chi connectivity index (χ0) is 19.1. The normalized spacial score (nSPS) is 10.9. The lowest BCUT2D eigenvalue weighted by Gasteiger charge is -2.12. The van der Waals surface area contributed by atoms with Crippen LogP contribution in [0.1, 0.15) is 17.0 Å². The smallest absolute Gasteiger partial charge is 0.148 e. The van der Waals surface area contributed by atoms with Crippen molar-refractivity contribution < 1.29 is 9.47 Å². The monoisotopic (exact) mass is 358 g/mol. The zero-order valence-corrected chi connectivity index (χ0v) is 15.6. The maximum atomic E-state index is 9.26. The molecule has 0 atom stereocenters. The molecule has 4 rings (SSSR count). The highest BCUT2D eigenvalue weighted by Crippen LogP contribution is 2.37. The summed E-state index contributed by atoms with van der Waals surface area (Å²) >= 11 is 0. The van der Waals surface area contributed by atoms with Gasteiger partial charge in [-0.15, -0.1) is 0 Å². The van der Waals surface area contributed by atoms with E-state index in [0.29, 0.717) is 17.1 Å². The van der Waals surface area contributed by atoms with Gasteiger partial charge in [-0.05, 0) is 38.1 Å². The standard InChI is InChI=1S/C21H18N4O2/c1-12-19-13(2)24-25(15-7-5-6-14(8-15)11-22)21(19)17-9-16(26-3)10-18(27-4)20(17)23-12/h5-10H,1-4H3. The second kappa shape index (κ2) is 6.29. The van der Waals surface area contributed by atoms with Gasteiger partial charge >= 0.3 is 0 Å². The van der Waals surface area contributed by atoms with Crippen molar-refractivity contribution in [1.29, 1.82) is 5.26 Å². The number of aromatic nitrogens is 3. The molecule has 2 aromatic heterocycles. The van der Waals surface area contributed by atoms with Crippen molar-refractivity contribution in [2.24, 2.45) is 0 Å². The SMILES string of the molecule is COc1cc(OC)c2nc(C)c3c(C)nn(-c4cccc(C#N)c4)c3c2c1. The molecule has 0 aliphatic heterocycles. The first-order valence-corrected chi connectivity index (χ1v) is 8.49. The van der Waals surface area contributed by atoms with Crippen LogP contribution in [0.2, 0.25) is 0 Å². The molecule has 4 aromatic rings. The molecule has 0 bridgehead atoms. The molecule has 0 amide bonds. The fraction of sp³-hybridized carbons (Fsp3) is 0.190. The molecule has 0 unspecified atom stereocenters. The van der Waals surface area contributed by atoms with Crippen molar-refractivity contribution in [2.45, 2.75) is 13.8 Å². The molecule has 0 saturated carbocycles. The van der Waals surface area contributed by atoms with E-state index in [1.165, 1.54) is 0 Å². The topological polar surface area (TPSA) is 73.0 Å². The second-order valence-corrected chi connectivity index (χ2v) is 6.31. The van der Waals surface area contributed by atoms with Crippen LogP contribution in [-0.2, 0) is 0 Å². The third-order valence-corrected chi connectivity index (χ3v) is 4.68. The highest BCUT2D eigenvalue weighted by Gasteiger charge is 2.19. The van der Waals surface area contributed by atoms with Gasteiger partial charge in [-0.25, -0.2) is 9.67 Å². The van der Waals surface area contributed by atoms with Crippen molar-refractivity contribution in [2.75, 3.05) is 14.2 Å². The Kier molecular flexibility index (Phi) is 3.93. The van der Waals surface area contributed by atoms with Gasteiger partial charge in [0.2, 0.25) is 0 Å². The lowest BCUT2D eigenvalue weighted by molar-refractivity contribution is 0.397. The summed E-state index contributed by atoms with van der Waals surface area (Å²) in [4.78, 5) is 4.77. The fourth-order valence-corrected chi connectivity index (χ4v) is 3.48. The number of pyridine rings is 1. The van der Waals surface area contributed by atoms with Gasteiger partial charge in [-0.3, -0.25) is 0 Å². The minimum Gasteiger partial charge on any atom is -0.497 e. The van der Waals surface area contributed by atoms with E-state index in [1.807, 2.05) is 48.9 Å². The molecule has 6 nitrogen and oxygen atoms in total. The predicted molar refractivity (Wildman–Crippen MR) is 104 cm³/mol. The first kappa shape index (κ1) is 16.9. The average Bonchev–Trinajstić information content (AvgIpc) is 3.05. The van der Waals surface area contributed by atoms with Crippen LogP contribution in [-0.4, -0.2) is 29.0 Å². The van der Waals surface area contributed by atoms with Crippen LogP contribution >= 0.6 is 0 Å². The summed E-state index contributed by atoms with van der Waals surface area (Å²) in [5.74, 6) is 1.33. The van der Waals surface area contributed by atoms with Crippen LogP contribution < -0.4 is 9.47 Å². The van der Waals surface area contributed by atoms with Gasteiger partial charge in [0, 0.05) is 22.5 Å². The fourth-order valence-electron chi connectivity index (χ4n) is 3.48. The molecular formula is C21H18N4O2. The molecule has 0 spiro atoms. The van der Waals surface area contributed by atoms with Crippen molar-refractivity contribution in [3.63, 3.8) is 0 Å². The molecule has 0 aliphatic carbocycles. The number of aryl methyl sites for hydroxylation is 2. The van der Waals surface area contributed by atoms with Crippen molar-refractivity contribution in [3.05, 3.63) is 53.3 Å². The van der Waals surface area contributed by atoms with E-state index >= 15 is 0 Å². The van der Waals surface area contributed by atoms with Gasteiger partial charge in [0.1, 0.15) is 17.0 Å². The molecule has 0 aliphatic rings. The van der Waals surface area contributed by atoms with Gasteiger partial charge in [0.15, 0.2) is 0 Å². The second-order valence-electron chi connectivity index (χ2n) is 6.31. The average molecular weight is 358 g/mol. The summed E-state index contributed by atoms with van der Waals surface area (Å²) in [5, 5.41) is 15.9. The number of nitrogens with zero attached hydrogens (tertiary/aromatic N) is 4. The van der Waals surface area contributed by atoms with Crippen LogP contribution in [0.4, 0.5) is 0 Å². The van der Waals surface area contributed by atoms with Gasteiger partial charge < -0.3 is 9.47 Å². The molecule has 27 heavy (non-hydrogen) atoms. The summed E-state index contributed by atoms with van der Waals surface area (Å²) in [7, 11) is 3.24. The van der Waals surface area contributed by atoms with E-state index in [0.717, 1.165) is 38.9 Å². The first-order chi connectivity index (χ1) is 13.1. The molecule has 0 radical (unpaired) electrons. The van der Waals surface area contributed by atoms with E-state index in [1.54, 1.807) is 20.3 Å². The van der Waals surface area contributed by atoms with E-state index in [9.17, 15) is 5.26 Å². The van der Waals surface area contributed by atoms with Crippen molar-refractivity contribution >= 4 is 21.8 Å². The number of methoxy groups -OCH3 is 2. The Balaban J connectivity index is 2.19. The Morgan fingerprint density at radius 3 is 2.56 bits per heavy atom. The number of hydrogen-bond donors (Lipinski definition) is 0. The van der Waals surface area contributed by atoms with E-state index < -0.39 is 0 Å². The van der Waals surface area contributed by atoms with Crippen LogP contribution in [0.3, 0.4) is 0 Å². The number of benzene rings is 2. The Labute approximate surface area is 156 Å². The van der Waals surface area contributed by atoms with Crippen LogP contribution in [0.5, 0.6) is 11.5 Å². The number of nitriles is 1. The van der Waals surface area contributed by atoms with Gasteiger partial charge in [0.25, 0.3) is 0 Å². The predicted octanol–water partition coefficient (Wildman–Crippen LogP) is 4.08. The van der Waals surface area contributed by atoms with Crippen LogP contribution in [0.15, 0.2) is 36.4 Å². The molecule has 2 aromatic carbocycles. The summed E-state index contributed by atoms with van der Waals surface area (Å²) in [6, 6.07) is 13.3. The lowest BCUT2D eigenvalue weighted by atomic mass is 10.1. The highest BCUT2D eigenvalue weighted by molar-refractivity contribution is 6.08. The summed E-state index contributed by atoms with van der Waals surface area (Å²) in [6.45, 7) is 3.93. The summed E-state index contributed by atoms with van der Waals surface area (Å²) in [6.07, 6.45) is 0. The lowest BCUT2D eigenvalue weighted by Crippen LogP contribution is -1.99. The first-order valence-electron chi connectivity index (χ1n) is 8.49. The number of rotatable bonds is 3. The third kappa shape index (κ3) is 2.56. The minimum atomic E-state index is 0.582. The highest BCUT2D eigenvalue weighted by atomic mass is 16.5. The Morgan fingerprint density at radius 2 is 1.85 bits per heavy atom. The Bertz CT molecular complexity index is 1230. The summed E-state index contributed by atoms with van der Waals surface area (Å²) < 4.78 is 12.9. The third-order valence-electron chi connectivity index (χ3n) is 4.68. The summed E-state index contributed by atoms with van der Waals surface area (Å²) in [5.41, 5.74) is 4.82. The maximum absolute atomic E-state index is 9.26. The van der Waals surface area contributed by atoms with Gasteiger partial charge in [0.05, 0.1) is 42.8 Å². The van der Waals surface area contributed by atoms with E-state index in [-0.39, 0.29) is 0 Å². The number of ether oxygens (including phenoxy) is 2. The van der Waals surface area contributed by atoms with Gasteiger partial charge in [-0.2, -0.15) is 10.4 Å². The molecule has 6 heteroatoms. The van der Waals surface area contributed by atoms with E-state index in [2.05, 4.69) is 6.07 Å². The largest absolute Gasteiger partial charge is 0.497 e. The molecule has 0 N–H and O–H groups in total. The molecule has 0 saturated heterocycles.